The van der Waals surface area contributed by atoms with E-state index in [9.17, 15) is 4.39 Å². The van der Waals surface area contributed by atoms with E-state index in [0.29, 0.717) is 5.02 Å². The molecular weight excluding hydrogens is 280 g/mol. The van der Waals surface area contributed by atoms with Gasteiger partial charge in [0, 0.05) is 4.88 Å². The topological polar surface area (TPSA) is 12.0 Å². The van der Waals surface area contributed by atoms with Gasteiger partial charge in [0.2, 0.25) is 0 Å². The third kappa shape index (κ3) is 2.63. The van der Waals surface area contributed by atoms with Gasteiger partial charge in [-0.3, -0.25) is 0 Å². The summed E-state index contributed by atoms with van der Waals surface area (Å²) in [6.07, 6.45) is 0. The molecule has 0 amide bonds. The average Bonchev–Trinajstić information content (AvgIpc) is 2.71. The van der Waals surface area contributed by atoms with E-state index in [1.807, 2.05) is 18.5 Å². The Balaban J connectivity index is 2.42. The first-order valence-electron chi connectivity index (χ1n) is 4.98. The largest absolute Gasteiger partial charge is 0.309 e. The van der Waals surface area contributed by atoms with Crippen LogP contribution in [-0.2, 0) is 0 Å². The second-order valence-electron chi connectivity index (χ2n) is 3.53. The third-order valence-corrected chi connectivity index (χ3v) is 4.20. The van der Waals surface area contributed by atoms with Gasteiger partial charge in [-0.15, -0.1) is 11.3 Å². The van der Waals surface area contributed by atoms with E-state index in [1.54, 1.807) is 12.1 Å². The summed E-state index contributed by atoms with van der Waals surface area (Å²) in [5, 5.41) is 5.85. The Morgan fingerprint density at radius 2 is 2.00 bits per heavy atom. The van der Waals surface area contributed by atoms with E-state index >= 15 is 0 Å². The molecule has 17 heavy (non-hydrogen) atoms. The van der Waals surface area contributed by atoms with Gasteiger partial charge < -0.3 is 5.32 Å². The van der Waals surface area contributed by atoms with Crippen molar-refractivity contribution in [1.29, 1.82) is 0 Å². The molecule has 0 aliphatic carbocycles. The summed E-state index contributed by atoms with van der Waals surface area (Å²) < 4.78 is 13.4. The molecule has 0 radical (unpaired) electrons. The molecule has 0 bridgehead atoms. The van der Waals surface area contributed by atoms with Crippen molar-refractivity contribution in [3.63, 3.8) is 0 Å². The lowest BCUT2D eigenvalue weighted by atomic mass is 10.1. The van der Waals surface area contributed by atoms with Crippen LogP contribution in [0.15, 0.2) is 29.6 Å². The number of hydrogen-bond acceptors (Lipinski definition) is 2. The lowest BCUT2D eigenvalue weighted by Crippen LogP contribution is -2.17. The molecule has 1 atom stereocenters. The highest BCUT2D eigenvalue weighted by Crippen LogP contribution is 2.33. The molecule has 0 saturated carbocycles. The molecule has 1 aromatic carbocycles. The molecule has 90 valence electrons. The smallest absolute Gasteiger partial charge is 0.142 e. The second kappa shape index (κ2) is 5.36. The summed E-state index contributed by atoms with van der Waals surface area (Å²) in [7, 11) is 1.81. The lowest BCUT2D eigenvalue weighted by Gasteiger charge is -2.16. The first-order chi connectivity index (χ1) is 8.13. The van der Waals surface area contributed by atoms with Crippen LogP contribution in [0.3, 0.4) is 0 Å². The summed E-state index contributed by atoms with van der Waals surface area (Å²) in [6, 6.07) is 6.49. The lowest BCUT2D eigenvalue weighted by molar-refractivity contribution is 0.618. The molecule has 1 N–H and O–H groups in total. The van der Waals surface area contributed by atoms with Gasteiger partial charge >= 0.3 is 0 Å². The van der Waals surface area contributed by atoms with Gasteiger partial charge in [0.25, 0.3) is 0 Å². The van der Waals surface area contributed by atoms with Gasteiger partial charge in [-0.1, -0.05) is 29.3 Å². The Bertz CT molecular complexity index is 527. The van der Waals surface area contributed by atoms with Crippen LogP contribution in [-0.4, -0.2) is 7.05 Å². The maximum Gasteiger partial charge on any atom is 0.142 e. The van der Waals surface area contributed by atoms with Crippen molar-refractivity contribution in [2.45, 2.75) is 6.04 Å². The predicted octanol–water partition coefficient (Wildman–Crippen LogP) is 4.50. The van der Waals surface area contributed by atoms with Crippen LogP contribution >= 0.6 is 34.5 Å². The van der Waals surface area contributed by atoms with E-state index in [2.05, 4.69) is 5.32 Å². The zero-order valence-corrected chi connectivity index (χ0v) is 11.3. The highest BCUT2D eigenvalue weighted by molar-refractivity contribution is 7.10. The normalized spacial score (nSPS) is 12.7. The second-order valence-corrected chi connectivity index (χ2v) is 5.29. The van der Waals surface area contributed by atoms with Crippen LogP contribution in [0.4, 0.5) is 4.39 Å². The number of halogens is 3. The zero-order chi connectivity index (χ0) is 12.4. The zero-order valence-electron chi connectivity index (χ0n) is 9.01. The number of rotatable bonds is 3. The monoisotopic (exact) mass is 289 g/mol. The van der Waals surface area contributed by atoms with Crippen molar-refractivity contribution in [2.24, 2.45) is 0 Å². The Labute approximate surface area is 113 Å². The van der Waals surface area contributed by atoms with Crippen LogP contribution in [0.5, 0.6) is 0 Å². The van der Waals surface area contributed by atoms with Gasteiger partial charge in [-0.2, -0.15) is 0 Å². The van der Waals surface area contributed by atoms with Crippen molar-refractivity contribution in [3.05, 3.63) is 55.9 Å². The van der Waals surface area contributed by atoms with Crippen LogP contribution in [0.1, 0.15) is 16.5 Å². The minimum atomic E-state index is -0.419. The third-order valence-electron chi connectivity index (χ3n) is 2.47. The molecule has 0 fully saturated rings. The SMILES string of the molecule is CNC(c1ccc(Cl)c(F)c1)c1sccc1Cl. The van der Waals surface area contributed by atoms with Gasteiger partial charge in [-0.25, -0.2) is 4.39 Å². The molecular formula is C12H10Cl2FNS. The molecule has 1 unspecified atom stereocenters. The van der Waals surface area contributed by atoms with Crippen LogP contribution < -0.4 is 5.32 Å². The summed E-state index contributed by atoms with van der Waals surface area (Å²) >= 11 is 13.3. The molecule has 0 saturated heterocycles. The van der Waals surface area contributed by atoms with Crippen molar-refractivity contribution in [2.75, 3.05) is 7.05 Å². The van der Waals surface area contributed by atoms with Crippen LogP contribution in [0.2, 0.25) is 10.0 Å². The Morgan fingerprint density at radius 1 is 1.24 bits per heavy atom. The fourth-order valence-corrected chi connectivity index (χ4v) is 3.07. The highest BCUT2D eigenvalue weighted by Gasteiger charge is 2.17. The number of hydrogen-bond donors (Lipinski definition) is 1. The van der Waals surface area contributed by atoms with Crippen molar-refractivity contribution in [3.8, 4) is 0 Å². The van der Waals surface area contributed by atoms with E-state index in [0.717, 1.165) is 10.4 Å². The molecule has 1 nitrogen and oxygen atoms in total. The standard InChI is InChI=1S/C12H10Cl2FNS/c1-16-11(12-9(14)4-5-17-12)7-2-3-8(13)10(15)6-7/h2-6,11,16H,1H3. The fourth-order valence-electron chi connectivity index (χ4n) is 1.65. The number of thiophene rings is 1. The maximum absolute atomic E-state index is 13.4. The highest BCUT2D eigenvalue weighted by atomic mass is 35.5. The van der Waals surface area contributed by atoms with Gasteiger partial charge in [0.05, 0.1) is 16.1 Å². The number of nitrogens with one attached hydrogen (secondary N) is 1. The molecule has 5 heteroatoms. The quantitative estimate of drug-likeness (QED) is 0.877. The van der Waals surface area contributed by atoms with Crippen molar-refractivity contribution in [1.82, 2.24) is 5.32 Å². The Morgan fingerprint density at radius 3 is 2.53 bits per heavy atom. The fraction of sp³-hybridized carbons (Fsp3) is 0.167. The van der Waals surface area contributed by atoms with E-state index in [-0.39, 0.29) is 11.1 Å². The number of benzene rings is 1. The van der Waals surface area contributed by atoms with E-state index in [1.165, 1.54) is 17.4 Å². The summed E-state index contributed by atoms with van der Waals surface area (Å²) in [6.45, 7) is 0. The molecule has 0 spiro atoms. The first kappa shape index (κ1) is 12.8. The average molecular weight is 290 g/mol. The molecule has 0 aliphatic heterocycles. The summed E-state index contributed by atoms with van der Waals surface area (Å²) in [5.41, 5.74) is 0.804. The van der Waals surface area contributed by atoms with E-state index < -0.39 is 5.82 Å². The Kier molecular flexibility index (Phi) is 4.05. The molecule has 2 aromatic rings. The minimum Gasteiger partial charge on any atom is -0.309 e. The van der Waals surface area contributed by atoms with Crippen molar-refractivity contribution < 1.29 is 4.39 Å². The summed E-state index contributed by atoms with van der Waals surface area (Å²) in [4.78, 5) is 0.968. The predicted molar refractivity (Wildman–Crippen MR) is 71.6 cm³/mol. The van der Waals surface area contributed by atoms with Gasteiger partial charge in [-0.05, 0) is 36.2 Å². The molecule has 2 rings (SSSR count). The first-order valence-corrected chi connectivity index (χ1v) is 6.62. The van der Waals surface area contributed by atoms with Crippen molar-refractivity contribution >= 4 is 34.5 Å². The maximum atomic E-state index is 13.4. The molecule has 1 heterocycles. The van der Waals surface area contributed by atoms with E-state index in [4.69, 9.17) is 23.2 Å². The van der Waals surface area contributed by atoms with Crippen LogP contribution in [0, 0.1) is 5.82 Å². The minimum absolute atomic E-state index is 0.116. The van der Waals surface area contributed by atoms with Gasteiger partial charge in [0.15, 0.2) is 0 Å². The molecule has 0 aliphatic rings. The summed E-state index contributed by atoms with van der Waals surface area (Å²) in [5.74, 6) is -0.419. The Hall–Kier alpha value is -0.610. The molecule has 1 aromatic heterocycles. The van der Waals surface area contributed by atoms with Crippen LogP contribution in [0.25, 0.3) is 0 Å². The van der Waals surface area contributed by atoms with Gasteiger partial charge in [0.1, 0.15) is 5.82 Å².